The Bertz CT molecular complexity index is 408. The number of nitrogens with two attached hydrogens (primary N) is 1. The van der Waals surface area contributed by atoms with Crippen LogP contribution in [0.2, 0.25) is 0 Å². The van der Waals surface area contributed by atoms with Crippen molar-refractivity contribution in [2.45, 2.75) is 25.9 Å². The van der Waals surface area contributed by atoms with Gasteiger partial charge in [-0.05, 0) is 18.9 Å². The maximum Gasteiger partial charge on any atom is 0.234 e. The van der Waals surface area contributed by atoms with Crippen molar-refractivity contribution >= 4 is 18.3 Å². The Balaban J connectivity index is 0.00000180. The van der Waals surface area contributed by atoms with Gasteiger partial charge in [0, 0.05) is 25.7 Å². The largest absolute Gasteiger partial charge is 0.351 e. The number of benzene rings is 1. The third kappa shape index (κ3) is 5.19. The van der Waals surface area contributed by atoms with Crippen molar-refractivity contribution < 1.29 is 4.79 Å². The lowest BCUT2D eigenvalue weighted by molar-refractivity contribution is -0.122. The summed E-state index contributed by atoms with van der Waals surface area (Å²) >= 11 is 0. The molecule has 0 spiro atoms. The van der Waals surface area contributed by atoms with Gasteiger partial charge in [0.25, 0.3) is 0 Å². The molecule has 1 atom stereocenters. The lowest BCUT2D eigenvalue weighted by Crippen LogP contribution is -2.37. The summed E-state index contributed by atoms with van der Waals surface area (Å²) in [4.78, 5) is 13.9. The smallest absolute Gasteiger partial charge is 0.234 e. The molecule has 1 heterocycles. The number of hydrogen-bond acceptors (Lipinski definition) is 3. The molecule has 2 rings (SSSR count). The van der Waals surface area contributed by atoms with Crippen LogP contribution in [0.5, 0.6) is 0 Å². The van der Waals surface area contributed by atoms with Crippen molar-refractivity contribution in [3.05, 3.63) is 35.4 Å². The molecule has 5 heteroatoms. The van der Waals surface area contributed by atoms with Gasteiger partial charge in [-0.1, -0.05) is 29.8 Å². The number of aryl methyl sites for hydroxylation is 1. The number of carbonyl (C=O) groups excluding carboxylic acids is 1. The standard InChI is InChI=1S/C14H21N3O.ClH/c1-11-2-4-12(5-3-11)8-16-14(18)10-17-7-6-13(15)9-17;/h2-5,13H,6-10,15H2,1H3,(H,16,18);1H/t13-;/m0./s1. The van der Waals surface area contributed by atoms with Crippen LogP contribution in [0.15, 0.2) is 24.3 Å². The number of nitrogens with zero attached hydrogens (tertiary/aromatic N) is 1. The molecule has 4 nitrogen and oxygen atoms in total. The number of rotatable bonds is 4. The molecule has 1 aromatic rings. The molecular weight excluding hydrogens is 262 g/mol. The second-order valence-corrected chi connectivity index (χ2v) is 5.05. The maximum absolute atomic E-state index is 11.8. The van der Waals surface area contributed by atoms with Gasteiger partial charge in [-0.3, -0.25) is 9.69 Å². The van der Waals surface area contributed by atoms with Gasteiger partial charge >= 0.3 is 0 Å². The van der Waals surface area contributed by atoms with E-state index in [0.29, 0.717) is 13.1 Å². The fraction of sp³-hybridized carbons (Fsp3) is 0.500. The zero-order valence-corrected chi connectivity index (χ0v) is 12.1. The Morgan fingerprint density at radius 2 is 2.11 bits per heavy atom. The molecular formula is C14H22ClN3O. The van der Waals surface area contributed by atoms with Gasteiger partial charge in [0.2, 0.25) is 5.91 Å². The highest BCUT2D eigenvalue weighted by molar-refractivity contribution is 5.85. The summed E-state index contributed by atoms with van der Waals surface area (Å²) in [5.41, 5.74) is 8.17. The SMILES string of the molecule is Cc1ccc(CNC(=O)CN2CC[C@H](N)C2)cc1.Cl. The van der Waals surface area contributed by atoms with E-state index in [2.05, 4.69) is 29.3 Å². The molecule has 1 amide bonds. The molecule has 1 aliphatic rings. The summed E-state index contributed by atoms with van der Waals surface area (Å²) in [6.45, 7) is 4.87. The van der Waals surface area contributed by atoms with Gasteiger partial charge in [0.15, 0.2) is 0 Å². The van der Waals surface area contributed by atoms with Crippen LogP contribution in [-0.2, 0) is 11.3 Å². The number of amides is 1. The van der Waals surface area contributed by atoms with Crippen LogP contribution in [0.1, 0.15) is 17.5 Å². The first-order valence-corrected chi connectivity index (χ1v) is 6.43. The average Bonchev–Trinajstić information content (AvgIpc) is 2.74. The molecule has 1 saturated heterocycles. The van der Waals surface area contributed by atoms with Crippen LogP contribution in [0.3, 0.4) is 0 Å². The molecule has 0 unspecified atom stereocenters. The van der Waals surface area contributed by atoms with Crippen molar-refractivity contribution in [2.75, 3.05) is 19.6 Å². The summed E-state index contributed by atoms with van der Waals surface area (Å²) in [7, 11) is 0. The maximum atomic E-state index is 11.8. The third-order valence-electron chi connectivity index (χ3n) is 3.29. The first-order valence-electron chi connectivity index (χ1n) is 6.43. The Labute approximate surface area is 120 Å². The monoisotopic (exact) mass is 283 g/mol. The number of hydrogen-bond donors (Lipinski definition) is 2. The van der Waals surface area contributed by atoms with Crippen LogP contribution in [0.4, 0.5) is 0 Å². The highest BCUT2D eigenvalue weighted by Crippen LogP contribution is 2.06. The minimum atomic E-state index is 0. The van der Waals surface area contributed by atoms with E-state index >= 15 is 0 Å². The van der Waals surface area contributed by atoms with Gasteiger partial charge in [0.05, 0.1) is 6.54 Å². The number of halogens is 1. The molecule has 0 saturated carbocycles. The summed E-state index contributed by atoms with van der Waals surface area (Å²) in [5, 5.41) is 2.94. The van der Waals surface area contributed by atoms with E-state index in [9.17, 15) is 4.79 Å². The Morgan fingerprint density at radius 1 is 1.42 bits per heavy atom. The van der Waals surface area contributed by atoms with Gasteiger partial charge in [0.1, 0.15) is 0 Å². The summed E-state index contributed by atoms with van der Waals surface area (Å²) in [6.07, 6.45) is 0.991. The predicted molar refractivity (Wildman–Crippen MR) is 79.3 cm³/mol. The Kier molecular flexibility index (Phi) is 6.28. The van der Waals surface area contributed by atoms with E-state index in [0.717, 1.165) is 25.1 Å². The van der Waals surface area contributed by atoms with Gasteiger partial charge in [-0.2, -0.15) is 0 Å². The summed E-state index contributed by atoms with van der Waals surface area (Å²) in [6, 6.07) is 8.43. The first kappa shape index (κ1) is 16.0. The minimum Gasteiger partial charge on any atom is -0.351 e. The molecule has 0 aliphatic carbocycles. The van der Waals surface area contributed by atoms with Crippen molar-refractivity contribution in [2.24, 2.45) is 5.73 Å². The highest BCUT2D eigenvalue weighted by atomic mass is 35.5. The molecule has 1 aliphatic heterocycles. The summed E-state index contributed by atoms with van der Waals surface area (Å²) in [5.74, 6) is 0.0738. The normalized spacial score (nSPS) is 18.9. The van der Waals surface area contributed by atoms with E-state index < -0.39 is 0 Å². The fourth-order valence-electron chi connectivity index (χ4n) is 2.17. The zero-order chi connectivity index (χ0) is 13.0. The Hall–Kier alpha value is -1.10. The Morgan fingerprint density at radius 3 is 2.68 bits per heavy atom. The van der Waals surface area contributed by atoms with Crippen LogP contribution in [0, 0.1) is 6.92 Å². The molecule has 1 fully saturated rings. The highest BCUT2D eigenvalue weighted by Gasteiger charge is 2.20. The quantitative estimate of drug-likeness (QED) is 0.869. The van der Waals surface area contributed by atoms with E-state index in [1.54, 1.807) is 0 Å². The van der Waals surface area contributed by atoms with Gasteiger partial charge in [-0.25, -0.2) is 0 Å². The van der Waals surface area contributed by atoms with E-state index in [1.165, 1.54) is 5.56 Å². The molecule has 0 bridgehead atoms. The minimum absolute atomic E-state index is 0. The third-order valence-corrected chi connectivity index (χ3v) is 3.29. The number of carbonyl (C=O) groups is 1. The molecule has 19 heavy (non-hydrogen) atoms. The van der Waals surface area contributed by atoms with E-state index in [-0.39, 0.29) is 24.4 Å². The second kappa shape index (κ2) is 7.48. The van der Waals surface area contributed by atoms with Crippen molar-refractivity contribution in [1.29, 1.82) is 0 Å². The molecule has 3 N–H and O–H groups in total. The topological polar surface area (TPSA) is 58.4 Å². The molecule has 106 valence electrons. The molecule has 0 aromatic heterocycles. The van der Waals surface area contributed by atoms with E-state index in [4.69, 9.17) is 5.73 Å². The first-order chi connectivity index (χ1) is 8.63. The predicted octanol–water partition coefficient (Wildman–Crippen LogP) is 1.07. The number of nitrogens with one attached hydrogen (secondary N) is 1. The van der Waals surface area contributed by atoms with Crippen molar-refractivity contribution in [3.8, 4) is 0 Å². The lowest BCUT2D eigenvalue weighted by Gasteiger charge is -2.14. The zero-order valence-electron chi connectivity index (χ0n) is 11.3. The second-order valence-electron chi connectivity index (χ2n) is 5.05. The van der Waals surface area contributed by atoms with E-state index in [1.807, 2.05) is 12.1 Å². The molecule has 1 aromatic carbocycles. The van der Waals surface area contributed by atoms with Gasteiger partial charge < -0.3 is 11.1 Å². The van der Waals surface area contributed by atoms with Crippen molar-refractivity contribution in [3.63, 3.8) is 0 Å². The van der Waals surface area contributed by atoms with Crippen LogP contribution < -0.4 is 11.1 Å². The lowest BCUT2D eigenvalue weighted by atomic mass is 10.1. The molecule has 0 radical (unpaired) electrons. The van der Waals surface area contributed by atoms with Crippen LogP contribution >= 0.6 is 12.4 Å². The fourth-order valence-corrected chi connectivity index (χ4v) is 2.17. The average molecular weight is 284 g/mol. The summed E-state index contributed by atoms with van der Waals surface area (Å²) < 4.78 is 0. The van der Waals surface area contributed by atoms with Gasteiger partial charge in [-0.15, -0.1) is 12.4 Å². The van der Waals surface area contributed by atoms with Crippen LogP contribution in [-0.4, -0.2) is 36.5 Å². The number of likely N-dealkylation sites (tertiary alicyclic amines) is 1. The van der Waals surface area contributed by atoms with Crippen molar-refractivity contribution in [1.82, 2.24) is 10.2 Å². The van der Waals surface area contributed by atoms with Crippen LogP contribution in [0.25, 0.3) is 0 Å².